The molecule has 2 aromatic heterocycles. The van der Waals surface area contributed by atoms with Gasteiger partial charge in [-0.05, 0) is 30.2 Å². The molecule has 3 heterocycles. The maximum Gasteiger partial charge on any atom is 0.0957 e. The first-order valence-electron chi connectivity index (χ1n) is 9.61. The second-order valence-corrected chi connectivity index (χ2v) is 7.80. The van der Waals surface area contributed by atoms with Crippen molar-refractivity contribution < 1.29 is 0 Å². The van der Waals surface area contributed by atoms with Crippen molar-refractivity contribution in [2.75, 3.05) is 5.32 Å². The van der Waals surface area contributed by atoms with Gasteiger partial charge in [-0.1, -0.05) is 41.9 Å². The van der Waals surface area contributed by atoms with Crippen LogP contribution in [0.25, 0.3) is 22.5 Å². The van der Waals surface area contributed by atoms with Crippen molar-refractivity contribution in [1.29, 1.82) is 0 Å². The van der Waals surface area contributed by atoms with Crippen LogP contribution in [0.2, 0.25) is 5.02 Å². The van der Waals surface area contributed by atoms with Gasteiger partial charge in [0, 0.05) is 47.5 Å². The Balaban J connectivity index is 1.50. The molecule has 0 fully saturated rings. The Morgan fingerprint density at radius 3 is 2.66 bits per heavy atom. The third-order valence-electron chi connectivity index (χ3n) is 5.25. The number of rotatable bonds is 4. The fourth-order valence-corrected chi connectivity index (χ4v) is 3.96. The van der Waals surface area contributed by atoms with Gasteiger partial charge >= 0.3 is 0 Å². The summed E-state index contributed by atoms with van der Waals surface area (Å²) in [5.74, 6) is 0. The molecule has 4 aromatic rings. The lowest BCUT2D eigenvalue weighted by atomic mass is 10.0. The zero-order chi connectivity index (χ0) is 19.8. The lowest BCUT2D eigenvalue weighted by Gasteiger charge is -2.14. The fraction of sp³-hybridized carbons (Fsp3) is 0.174. The molecule has 29 heavy (non-hydrogen) atoms. The van der Waals surface area contributed by atoms with Crippen molar-refractivity contribution in [3.63, 3.8) is 0 Å². The van der Waals surface area contributed by atoms with Gasteiger partial charge in [0.1, 0.15) is 0 Å². The molecule has 5 rings (SSSR count). The predicted octanol–water partition coefficient (Wildman–Crippen LogP) is 4.78. The second kappa shape index (κ2) is 7.33. The molecule has 6 heteroatoms. The maximum absolute atomic E-state index is 6.03. The summed E-state index contributed by atoms with van der Waals surface area (Å²) in [6.45, 7) is 0. The predicted molar refractivity (Wildman–Crippen MR) is 116 cm³/mol. The Bertz CT molecular complexity index is 1140. The molecule has 144 valence electrons. The first-order chi connectivity index (χ1) is 14.2. The highest BCUT2D eigenvalue weighted by atomic mass is 35.5. The van der Waals surface area contributed by atoms with E-state index in [1.54, 1.807) is 4.68 Å². The number of nitrogens with zero attached hydrogens (tertiary/aromatic N) is 4. The van der Waals surface area contributed by atoms with Crippen molar-refractivity contribution >= 4 is 17.3 Å². The van der Waals surface area contributed by atoms with Gasteiger partial charge in [0.15, 0.2) is 0 Å². The van der Waals surface area contributed by atoms with E-state index in [1.807, 2.05) is 49.9 Å². The van der Waals surface area contributed by atoms with Crippen LogP contribution in [-0.2, 0) is 19.9 Å². The van der Waals surface area contributed by atoms with E-state index in [0.29, 0.717) is 11.1 Å². The van der Waals surface area contributed by atoms with Crippen LogP contribution < -0.4 is 5.32 Å². The molecule has 0 saturated heterocycles. The SMILES string of the molecule is Cn1cc(-c2nc(-c3ccc(Cl)cc3)cnc2CC2Cc3ccccc3N2)cn1. The minimum absolute atomic E-state index is 0.304. The van der Waals surface area contributed by atoms with Crippen LogP contribution in [0.1, 0.15) is 11.3 Å². The Labute approximate surface area is 174 Å². The largest absolute Gasteiger partial charge is 0.381 e. The first-order valence-corrected chi connectivity index (χ1v) is 9.99. The summed E-state index contributed by atoms with van der Waals surface area (Å²) in [7, 11) is 1.91. The van der Waals surface area contributed by atoms with Crippen LogP contribution >= 0.6 is 11.6 Å². The fourth-order valence-electron chi connectivity index (χ4n) is 3.83. The summed E-state index contributed by atoms with van der Waals surface area (Å²) < 4.78 is 1.79. The highest BCUT2D eigenvalue weighted by Crippen LogP contribution is 2.30. The van der Waals surface area contributed by atoms with Gasteiger partial charge in [-0.15, -0.1) is 0 Å². The van der Waals surface area contributed by atoms with Crippen molar-refractivity contribution in [1.82, 2.24) is 19.7 Å². The van der Waals surface area contributed by atoms with Crippen LogP contribution in [0.5, 0.6) is 0 Å². The smallest absolute Gasteiger partial charge is 0.0957 e. The number of benzene rings is 2. The van der Waals surface area contributed by atoms with Crippen LogP contribution in [0, 0.1) is 0 Å². The zero-order valence-electron chi connectivity index (χ0n) is 16.0. The van der Waals surface area contributed by atoms with Crippen molar-refractivity contribution in [3.05, 3.63) is 83.4 Å². The lowest BCUT2D eigenvalue weighted by Crippen LogP contribution is -2.20. The third-order valence-corrected chi connectivity index (χ3v) is 5.50. The van der Waals surface area contributed by atoms with Gasteiger partial charge in [0.2, 0.25) is 0 Å². The van der Waals surface area contributed by atoms with Gasteiger partial charge in [0.25, 0.3) is 0 Å². The van der Waals surface area contributed by atoms with E-state index in [1.165, 1.54) is 11.3 Å². The van der Waals surface area contributed by atoms with Gasteiger partial charge in [0.05, 0.1) is 29.5 Å². The topological polar surface area (TPSA) is 55.6 Å². The molecule has 1 atom stereocenters. The molecule has 0 radical (unpaired) electrons. The molecule has 5 nitrogen and oxygen atoms in total. The van der Waals surface area contributed by atoms with Crippen molar-refractivity contribution in [2.24, 2.45) is 7.05 Å². The third kappa shape index (κ3) is 3.61. The molecular formula is C23H20ClN5. The lowest BCUT2D eigenvalue weighted by molar-refractivity contribution is 0.729. The van der Waals surface area contributed by atoms with E-state index < -0.39 is 0 Å². The number of halogens is 1. The number of nitrogens with one attached hydrogen (secondary N) is 1. The molecule has 1 aliphatic rings. The highest BCUT2D eigenvalue weighted by molar-refractivity contribution is 6.30. The molecule has 1 unspecified atom stereocenters. The molecule has 2 aromatic carbocycles. The van der Waals surface area contributed by atoms with Gasteiger partial charge < -0.3 is 5.32 Å². The Kier molecular flexibility index (Phi) is 4.52. The molecule has 1 aliphatic heterocycles. The monoisotopic (exact) mass is 401 g/mol. The average Bonchev–Trinajstić information content (AvgIpc) is 3.34. The van der Waals surface area contributed by atoms with Crippen LogP contribution in [0.15, 0.2) is 67.1 Å². The summed E-state index contributed by atoms with van der Waals surface area (Å²) in [5.41, 5.74) is 7.21. The summed E-state index contributed by atoms with van der Waals surface area (Å²) in [6.07, 6.45) is 7.46. The summed E-state index contributed by atoms with van der Waals surface area (Å²) in [4.78, 5) is 9.78. The molecule has 1 N–H and O–H groups in total. The van der Waals surface area contributed by atoms with Gasteiger partial charge in [-0.3, -0.25) is 9.67 Å². The van der Waals surface area contributed by atoms with E-state index >= 15 is 0 Å². The van der Waals surface area contributed by atoms with Crippen molar-refractivity contribution in [3.8, 4) is 22.5 Å². The van der Waals surface area contributed by atoms with Gasteiger partial charge in [-0.25, -0.2) is 4.98 Å². The minimum Gasteiger partial charge on any atom is -0.381 e. The molecule has 0 amide bonds. The number of aromatic nitrogens is 4. The Morgan fingerprint density at radius 1 is 1.07 bits per heavy atom. The second-order valence-electron chi connectivity index (χ2n) is 7.37. The van der Waals surface area contributed by atoms with E-state index in [4.69, 9.17) is 21.6 Å². The van der Waals surface area contributed by atoms with Crippen LogP contribution in [0.3, 0.4) is 0 Å². The molecule has 0 spiro atoms. The van der Waals surface area contributed by atoms with E-state index in [9.17, 15) is 0 Å². The van der Waals surface area contributed by atoms with E-state index in [2.05, 4.69) is 34.7 Å². The number of aryl methyl sites for hydroxylation is 1. The van der Waals surface area contributed by atoms with Crippen LogP contribution in [0.4, 0.5) is 5.69 Å². The number of para-hydroxylation sites is 1. The summed E-state index contributed by atoms with van der Waals surface area (Å²) in [6, 6.07) is 16.4. The quantitative estimate of drug-likeness (QED) is 0.534. The Hall–Kier alpha value is -3.18. The molecule has 0 bridgehead atoms. The van der Waals surface area contributed by atoms with E-state index in [-0.39, 0.29) is 0 Å². The standard InChI is InChI=1S/C23H20ClN5/c1-29-14-17(12-26-29)23-21(11-19-10-16-4-2-3-5-20(16)27-19)25-13-22(28-23)15-6-8-18(24)9-7-15/h2-9,12-14,19,27H,10-11H2,1H3. The number of anilines is 1. The van der Waals surface area contributed by atoms with E-state index in [0.717, 1.165) is 41.1 Å². The Morgan fingerprint density at radius 2 is 1.90 bits per heavy atom. The zero-order valence-corrected chi connectivity index (χ0v) is 16.8. The maximum atomic E-state index is 6.03. The molecular weight excluding hydrogens is 382 g/mol. The first kappa shape index (κ1) is 17.9. The normalized spacial score (nSPS) is 15.2. The number of hydrogen-bond acceptors (Lipinski definition) is 4. The molecule has 0 saturated carbocycles. The average molecular weight is 402 g/mol. The van der Waals surface area contributed by atoms with Gasteiger partial charge in [-0.2, -0.15) is 5.10 Å². The van der Waals surface area contributed by atoms with Crippen LogP contribution in [-0.4, -0.2) is 25.8 Å². The minimum atomic E-state index is 0.304. The summed E-state index contributed by atoms with van der Waals surface area (Å²) in [5, 5.41) is 8.65. The number of hydrogen-bond donors (Lipinski definition) is 1. The summed E-state index contributed by atoms with van der Waals surface area (Å²) >= 11 is 6.03. The highest BCUT2D eigenvalue weighted by Gasteiger charge is 2.23. The van der Waals surface area contributed by atoms with Crippen molar-refractivity contribution in [2.45, 2.75) is 18.9 Å². The molecule has 0 aliphatic carbocycles. The number of fused-ring (bicyclic) bond motifs is 1.